The molecule has 0 aliphatic rings. The summed E-state index contributed by atoms with van der Waals surface area (Å²) in [6.45, 7) is 3.02. The highest BCUT2D eigenvalue weighted by Crippen LogP contribution is 2.30. The van der Waals surface area contributed by atoms with E-state index >= 15 is 0 Å². The molecular weight excluding hydrogens is 317 g/mol. The average molecular weight is 331 g/mol. The number of hydrogen-bond donors (Lipinski definition) is 1. The third-order valence-corrected chi connectivity index (χ3v) is 3.70. The van der Waals surface area contributed by atoms with Gasteiger partial charge in [0.05, 0.1) is 12.3 Å². The minimum atomic E-state index is 0.499. The highest BCUT2D eigenvalue weighted by atomic mass is 35.5. The van der Waals surface area contributed by atoms with Crippen LogP contribution in [0.2, 0.25) is 15.1 Å². The summed E-state index contributed by atoms with van der Waals surface area (Å²) in [6, 6.07) is 10.9. The number of halogens is 3. The maximum Gasteiger partial charge on any atom is 0.142 e. The summed E-state index contributed by atoms with van der Waals surface area (Å²) in [5, 5.41) is 5.16. The molecule has 0 heterocycles. The Morgan fingerprint density at radius 1 is 1.05 bits per heavy atom. The maximum atomic E-state index is 6.15. The van der Waals surface area contributed by atoms with Gasteiger partial charge in [-0.25, -0.2) is 0 Å². The number of benzene rings is 2. The summed E-state index contributed by atoms with van der Waals surface area (Å²) < 4.78 is 5.55. The Morgan fingerprint density at radius 3 is 2.40 bits per heavy atom. The van der Waals surface area contributed by atoms with Gasteiger partial charge < -0.3 is 10.1 Å². The quantitative estimate of drug-likeness (QED) is 0.764. The fraction of sp³-hybridized carbons (Fsp3) is 0.200. The van der Waals surface area contributed by atoms with Gasteiger partial charge in [0, 0.05) is 27.2 Å². The second-order valence-corrected chi connectivity index (χ2v) is 5.38. The summed E-state index contributed by atoms with van der Waals surface area (Å²) in [5.74, 6) is 0.750. The number of rotatable bonds is 5. The van der Waals surface area contributed by atoms with E-state index in [0.717, 1.165) is 17.0 Å². The summed E-state index contributed by atoms with van der Waals surface area (Å²) in [5.41, 5.74) is 1.66. The Balaban J connectivity index is 2.20. The molecule has 0 atom stereocenters. The molecule has 0 unspecified atom stereocenters. The second kappa shape index (κ2) is 7.07. The Morgan fingerprint density at radius 2 is 1.75 bits per heavy atom. The SMILES string of the molecule is CCOc1ccc(Cl)cc1NCc1c(Cl)cccc1Cl. The lowest BCUT2D eigenvalue weighted by Gasteiger charge is -2.14. The molecule has 1 N–H and O–H groups in total. The Kier molecular flexibility index (Phi) is 5.41. The van der Waals surface area contributed by atoms with Crippen LogP contribution in [0.4, 0.5) is 5.69 Å². The third-order valence-electron chi connectivity index (χ3n) is 2.76. The largest absolute Gasteiger partial charge is 0.492 e. The van der Waals surface area contributed by atoms with Gasteiger partial charge in [0.15, 0.2) is 0 Å². The predicted octanol–water partition coefficient (Wildman–Crippen LogP) is 5.66. The molecule has 20 heavy (non-hydrogen) atoms. The zero-order valence-electron chi connectivity index (χ0n) is 10.9. The molecule has 106 valence electrons. The monoisotopic (exact) mass is 329 g/mol. The van der Waals surface area contributed by atoms with Crippen LogP contribution in [-0.4, -0.2) is 6.61 Å². The van der Waals surface area contributed by atoms with Crippen LogP contribution in [0.15, 0.2) is 36.4 Å². The van der Waals surface area contributed by atoms with Gasteiger partial charge in [-0.05, 0) is 37.3 Å². The van der Waals surface area contributed by atoms with Crippen LogP contribution in [0.25, 0.3) is 0 Å². The first kappa shape index (κ1) is 15.3. The summed E-state index contributed by atoms with van der Waals surface area (Å²) in [4.78, 5) is 0. The zero-order chi connectivity index (χ0) is 14.5. The van der Waals surface area contributed by atoms with Gasteiger partial charge >= 0.3 is 0 Å². The molecule has 0 amide bonds. The van der Waals surface area contributed by atoms with E-state index in [1.54, 1.807) is 6.07 Å². The minimum absolute atomic E-state index is 0.499. The lowest BCUT2D eigenvalue weighted by molar-refractivity contribution is 0.341. The first-order valence-electron chi connectivity index (χ1n) is 6.21. The van der Waals surface area contributed by atoms with E-state index in [-0.39, 0.29) is 0 Å². The molecule has 5 heteroatoms. The standard InChI is InChI=1S/C15H14Cl3NO/c1-2-20-15-7-6-10(16)8-14(15)19-9-11-12(17)4-3-5-13(11)18/h3-8,19H,2,9H2,1H3. The summed E-state index contributed by atoms with van der Waals surface area (Å²) >= 11 is 18.3. The van der Waals surface area contributed by atoms with Gasteiger partial charge in [0.2, 0.25) is 0 Å². The molecule has 0 aromatic heterocycles. The second-order valence-electron chi connectivity index (χ2n) is 4.13. The average Bonchev–Trinajstić information content (AvgIpc) is 2.41. The van der Waals surface area contributed by atoms with Crippen molar-refractivity contribution < 1.29 is 4.74 Å². The lowest BCUT2D eigenvalue weighted by atomic mass is 10.2. The van der Waals surface area contributed by atoms with Crippen LogP contribution in [0.3, 0.4) is 0 Å². The molecule has 2 aromatic rings. The normalized spacial score (nSPS) is 10.4. The topological polar surface area (TPSA) is 21.3 Å². The van der Waals surface area contributed by atoms with E-state index in [1.807, 2.05) is 37.3 Å². The van der Waals surface area contributed by atoms with Gasteiger partial charge in [-0.3, -0.25) is 0 Å². The Hall–Kier alpha value is -1.09. The molecule has 2 rings (SSSR count). The lowest BCUT2D eigenvalue weighted by Crippen LogP contribution is -2.03. The Labute approximate surface area is 133 Å². The summed E-state index contributed by atoms with van der Waals surface area (Å²) in [6.07, 6.45) is 0. The van der Waals surface area contributed by atoms with Crippen LogP contribution < -0.4 is 10.1 Å². The van der Waals surface area contributed by atoms with Crippen molar-refractivity contribution in [2.45, 2.75) is 13.5 Å². The van der Waals surface area contributed by atoms with E-state index in [9.17, 15) is 0 Å². The zero-order valence-corrected chi connectivity index (χ0v) is 13.2. The van der Waals surface area contributed by atoms with Crippen molar-refractivity contribution >= 4 is 40.5 Å². The minimum Gasteiger partial charge on any atom is -0.492 e. The van der Waals surface area contributed by atoms with Crippen molar-refractivity contribution in [1.82, 2.24) is 0 Å². The van der Waals surface area contributed by atoms with E-state index in [1.165, 1.54) is 0 Å². The first-order valence-corrected chi connectivity index (χ1v) is 7.34. The molecule has 0 aliphatic carbocycles. The molecule has 0 radical (unpaired) electrons. The summed E-state index contributed by atoms with van der Waals surface area (Å²) in [7, 11) is 0. The highest BCUT2D eigenvalue weighted by Gasteiger charge is 2.08. The van der Waals surface area contributed by atoms with E-state index in [0.29, 0.717) is 28.2 Å². The van der Waals surface area contributed by atoms with Gasteiger partial charge in [-0.15, -0.1) is 0 Å². The Bertz CT molecular complexity index is 581. The number of anilines is 1. The maximum absolute atomic E-state index is 6.15. The van der Waals surface area contributed by atoms with Crippen molar-refractivity contribution in [2.24, 2.45) is 0 Å². The molecule has 0 fully saturated rings. The van der Waals surface area contributed by atoms with Gasteiger partial charge in [0.1, 0.15) is 5.75 Å². The van der Waals surface area contributed by atoms with Gasteiger partial charge in [-0.1, -0.05) is 40.9 Å². The molecule has 0 aliphatic heterocycles. The smallest absolute Gasteiger partial charge is 0.142 e. The van der Waals surface area contributed by atoms with Crippen molar-refractivity contribution in [2.75, 3.05) is 11.9 Å². The van der Waals surface area contributed by atoms with Crippen LogP contribution in [0.5, 0.6) is 5.75 Å². The molecule has 0 bridgehead atoms. The van der Waals surface area contributed by atoms with Crippen LogP contribution >= 0.6 is 34.8 Å². The molecule has 0 saturated carbocycles. The number of ether oxygens (including phenoxy) is 1. The van der Waals surface area contributed by atoms with Crippen molar-refractivity contribution in [1.29, 1.82) is 0 Å². The highest BCUT2D eigenvalue weighted by molar-refractivity contribution is 6.36. The first-order chi connectivity index (χ1) is 9.61. The number of nitrogens with one attached hydrogen (secondary N) is 1. The van der Waals surface area contributed by atoms with Crippen molar-refractivity contribution in [3.8, 4) is 5.75 Å². The molecule has 0 saturated heterocycles. The molecule has 0 spiro atoms. The van der Waals surface area contributed by atoms with E-state index in [2.05, 4.69) is 5.32 Å². The van der Waals surface area contributed by atoms with Crippen LogP contribution in [0.1, 0.15) is 12.5 Å². The molecule has 2 aromatic carbocycles. The van der Waals surface area contributed by atoms with Crippen LogP contribution in [0, 0.1) is 0 Å². The molecular formula is C15H14Cl3NO. The fourth-order valence-corrected chi connectivity index (χ4v) is 2.51. The molecule has 2 nitrogen and oxygen atoms in total. The predicted molar refractivity (Wildman–Crippen MR) is 86.4 cm³/mol. The van der Waals surface area contributed by atoms with Crippen molar-refractivity contribution in [3.05, 3.63) is 57.0 Å². The van der Waals surface area contributed by atoms with Crippen molar-refractivity contribution in [3.63, 3.8) is 0 Å². The van der Waals surface area contributed by atoms with E-state index in [4.69, 9.17) is 39.5 Å². The number of hydrogen-bond acceptors (Lipinski definition) is 2. The van der Waals surface area contributed by atoms with Gasteiger partial charge in [0.25, 0.3) is 0 Å². The van der Waals surface area contributed by atoms with Crippen LogP contribution in [-0.2, 0) is 6.54 Å². The third kappa shape index (κ3) is 3.72. The fourth-order valence-electron chi connectivity index (χ4n) is 1.81. The van der Waals surface area contributed by atoms with Gasteiger partial charge in [-0.2, -0.15) is 0 Å². The van der Waals surface area contributed by atoms with E-state index < -0.39 is 0 Å².